The molecule has 1 aromatic carbocycles. The fourth-order valence-corrected chi connectivity index (χ4v) is 3.08. The van der Waals surface area contributed by atoms with Crippen LogP contribution in [0.25, 0.3) is 0 Å². The van der Waals surface area contributed by atoms with E-state index in [1.165, 1.54) is 5.75 Å². The Kier molecular flexibility index (Phi) is 4.18. The zero-order valence-electron chi connectivity index (χ0n) is 10.3. The molecule has 1 aliphatic rings. The van der Waals surface area contributed by atoms with Crippen molar-refractivity contribution in [2.24, 2.45) is 5.73 Å². The number of hydrogen-bond donors (Lipinski definition) is 1. The van der Waals surface area contributed by atoms with Gasteiger partial charge in [-0.15, -0.1) is 0 Å². The van der Waals surface area contributed by atoms with Gasteiger partial charge < -0.3 is 15.2 Å². The summed E-state index contributed by atoms with van der Waals surface area (Å²) in [5, 5.41) is 0. The van der Waals surface area contributed by atoms with Crippen molar-refractivity contribution >= 4 is 11.8 Å². The molecule has 1 saturated heterocycles. The molecule has 2 N–H and O–H groups in total. The van der Waals surface area contributed by atoms with Crippen LogP contribution in [0.15, 0.2) is 18.2 Å². The van der Waals surface area contributed by atoms with Gasteiger partial charge >= 0.3 is 0 Å². The van der Waals surface area contributed by atoms with Gasteiger partial charge in [-0.05, 0) is 25.2 Å². The van der Waals surface area contributed by atoms with Gasteiger partial charge in [0.2, 0.25) is 0 Å². The quantitative estimate of drug-likeness (QED) is 0.896. The summed E-state index contributed by atoms with van der Waals surface area (Å²) in [6.07, 6.45) is 1.41. The number of thioether (sulfide) groups is 1. The molecule has 0 radical (unpaired) electrons. The Morgan fingerprint density at radius 1 is 1.47 bits per heavy atom. The van der Waals surface area contributed by atoms with Gasteiger partial charge in [0.1, 0.15) is 6.10 Å². The first-order chi connectivity index (χ1) is 8.22. The first-order valence-electron chi connectivity index (χ1n) is 5.89. The highest BCUT2D eigenvalue weighted by Crippen LogP contribution is 2.36. The number of nitrogens with two attached hydrogens (primary N) is 1. The highest BCUT2D eigenvalue weighted by Gasteiger charge is 2.20. The lowest BCUT2D eigenvalue weighted by atomic mass is 10.1. The van der Waals surface area contributed by atoms with Crippen LogP contribution in [0.5, 0.6) is 11.5 Å². The lowest BCUT2D eigenvalue weighted by molar-refractivity contribution is 0.217. The normalized spacial score (nSPS) is 21.2. The number of methoxy groups -OCH3 is 1. The zero-order chi connectivity index (χ0) is 12.3. The van der Waals surface area contributed by atoms with Crippen molar-refractivity contribution < 1.29 is 9.47 Å². The summed E-state index contributed by atoms with van der Waals surface area (Å²) >= 11 is 1.93. The highest BCUT2D eigenvalue weighted by molar-refractivity contribution is 7.99. The van der Waals surface area contributed by atoms with E-state index < -0.39 is 0 Å². The van der Waals surface area contributed by atoms with E-state index in [-0.39, 0.29) is 6.04 Å². The third-order valence-corrected chi connectivity index (χ3v) is 4.02. The molecule has 4 heteroatoms. The SMILES string of the molecule is COc1c(OC2CCSC2)cccc1C(C)N. The second-order valence-electron chi connectivity index (χ2n) is 4.27. The molecular weight excluding hydrogens is 234 g/mol. The monoisotopic (exact) mass is 253 g/mol. The van der Waals surface area contributed by atoms with E-state index >= 15 is 0 Å². The van der Waals surface area contributed by atoms with Crippen molar-refractivity contribution in [3.63, 3.8) is 0 Å². The summed E-state index contributed by atoms with van der Waals surface area (Å²) in [6, 6.07) is 5.86. The van der Waals surface area contributed by atoms with E-state index in [2.05, 4.69) is 0 Å². The summed E-state index contributed by atoms with van der Waals surface area (Å²) in [4.78, 5) is 0. The molecule has 0 spiro atoms. The van der Waals surface area contributed by atoms with Gasteiger partial charge in [0, 0.05) is 17.4 Å². The van der Waals surface area contributed by atoms with E-state index in [0.29, 0.717) is 6.10 Å². The van der Waals surface area contributed by atoms with Crippen molar-refractivity contribution in [3.05, 3.63) is 23.8 Å². The van der Waals surface area contributed by atoms with Crippen molar-refractivity contribution in [2.75, 3.05) is 18.6 Å². The zero-order valence-corrected chi connectivity index (χ0v) is 11.1. The Labute approximate surface area is 107 Å². The molecule has 1 fully saturated rings. The Balaban J connectivity index is 2.22. The van der Waals surface area contributed by atoms with Crippen molar-refractivity contribution in [2.45, 2.75) is 25.5 Å². The average molecular weight is 253 g/mol. The van der Waals surface area contributed by atoms with Crippen LogP contribution >= 0.6 is 11.8 Å². The number of rotatable bonds is 4. The summed E-state index contributed by atoms with van der Waals surface area (Å²) < 4.78 is 11.4. The first-order valence-corrected chi connectivity index (χ1v) is 7.04. The van der Waals surface area contributed by atoms with E-state index in [1.54, 1.807) is 7.11 Å². The Morgan fingerprint density at radius 3 is 2.88 bits per heavy atom. The minimum absolute atomic E-state index is 0.0496. The third kappa shape index (κ3) is 2.87. The van der Waals surface area contributed by atoms with Gasteiger partial charge in [-0.1, -0.05) is 12.1 Å². The van der Waals surface area contributed by atoms with Crippen LogP contribution in [0.3, 0.4) is 0 Å². The van der Waals surface area contributed by atoms with Gasteiger partial charge in [-0.2, -0.15) is 11.8 Å². The first kappa shape index (κ1) is 12.6. The number of benzene rings is 1. The Morgan fingerprint density at radius 2 is 2.29 bits per heavy atom. The van der Waals surface area contributed by atoms with Crippen LogP contribution < -0.4 is 15.2 Å². The van der Waals surface area contributed by atoms with Crippen LogP contribution in [-0.2, 0) is 0 Å². The Bertz CT molecular complexity index is 376. The summed E-state index contributed by atoms with van der Waals surface area (Å²) in [7, 11) is 1.66. The predicted octanol–water partition coefficient (Wildman–Crippen LogP) is 2.60. The molecule has 0 bridgehead atoms. The van der Waals surface area contributed by atoms with Crippen molar-refractivity contribution in [3.8, 4) is 11.5 Å². The molecule has 17 heavy (non-hydrogen) atoms. The van der Waals surface area contributed by atoms with Crippen LogP contribution in [0.4, 0.5) is 0 Å². The maximum absolute atomic E-state index is 5.99. The molecule has 2 unspecified atom stereocenters. The third-order valence-electron chi connectivity index (χ3n) is 2.89. The van der Waals surface area contributed by atoms with E-state index in [1.807, 2.05) is 36.9 Å². The van der Waals surface area contributed by atoms with E-state index in [4.69, 9.17) is 15.2 Å². The lowest BCUT2D eigenvalue weighted by Gasteiger charge is -2.19. The molecule has 1 heterocycles. The molecule has 0 aliphatic carbocycles. The number of ether oxygens (including phenoxy) is 2. The number of hydrogen-bond acceptors (Lipinski definition) is 4. The molecule has 0 saturated carbocycles. The Hall–Kier alpha value is -0.870. The van der Waals surface area contributed by atoms with Crippen LogP contribution in [-0.4, -0.2) is 24.7 Å². The minimum atomic E-state index is -0.0496. The van der Waals surface area contributed by atoms with E-state index in [9.17, 15) is 0 Å². The van der Waals surface area contributed by atoms with Gasteiger partial charge in [0.25, 0.3) is 0 Å². The predicted molar refractivity (Wildman–Crippen MR) is 72.0 cm³/mol. The average Bonchev–Trinajstić information content (AvgIpc) is 2.81. The van der Waals surface area contributed by atoms with Crippen LogP contribution in [0, 0.1) is 0 Å². The summed E-state index contributed by atoms with van der Waals surface area (Å²) in [5.41, 5.74) is 6.92. The van der Waals surface area contributed by atoms with Crippen LogP contribution in [0.1, 0.15) is 24.9 Å². The molecule has 3 nitrogen and oxygen atoms in total. The summed E-state index contributed by atoms with van der Waals surface area (Å²) in [6.45, 7) is 1.95. The highest BCUT2D eigenvalue weighted by atomic mass is 32.2. The molecule has 94 valence electrons. The van der Waals surface area contributed by atoms with Gasteiger partial charge in [-0.3, -0.25) is 0 Å². The topological polar surface area (TPSA) is 44.5 Å². The largest absolute Gasteiger partial charge is 0.493 e. The van der Waals surface area contributed by atoms with E-state index in [0.717, 1.165) is 29.2 Å². The lowest BCUT2D eigenvalue weighted by Crippen LogP contribution is -2.16. The standard InChI is InChI=1S/C13H19NO2S/c1-9(14)11-4-3-5-12(13(11)15-2)16-10-6-7-17-8-10/h3-5,9-10H,6-8,14H2,1-2H3. The second kappa shape index (κ2) is 5.65. The molecule has 1 aromatic rings. The molecule has 1 aliphatic heterocycles. The second-order valence-corrected chi connectivity index (χ2v) is 5.42. The summed E-state index contributed by atoms with van der Waals surface area (Å²) in [5.74, 6) is 3.83. The minimum Gasteiger partial charge on any atom is -0.493 e. The number of para-hydroxylation sites is 1. The molecule has 0 amide bonds. The van der Waals surface area contributed by atoms with Crippen molar-refractivity contribution in [1.82, 2.24) is 0 Å². The van der Waals surface area contributed by atoms with Gasteiger partial charge in [-0.25, -0.2) is 0 Å². The smallest absolute Gasteiger partial charge is 0.165 e. The maximum atomic E-state index is 5.99. The van der Waals surface area contributed by atoms with Crippen molar-refractivity contribution in [1.29, 1.82) is 0 Å². The maximum Gasteiger partial charge on any atom is 0.165 e. The van der Waals surface area contributed by atoms with Crippen LogP contribution in [0.2, 0.25) is 0 Å². The van der Waals surface area contributed by atoms with Gasteiger partial charge in [0.05, 0.1) is 7.11 Å². The fourth-order valence-electron chi connectivity index (χ4n) is 1.99. The fraction of sp³-hybridized carbons (Fsp3) is 0.538. The molecule has 0 aromatic heterocycles. The molecule has 2 atom stereocenters. The molecular formula is C13H19NO2S. The van der Waals surface area contributed by atoms with Gasteiger partial charge in [0.15, 0.2) is 11.5 Å². The molecule has 2 rings (SSSR count).